The summed E-state index contributed by atoms with van der Waals surface area (Å²) in [4.78, 5) is 5.91. The zero-order valence-corrected chi connectivity index (χ0v) is 27.8. The van der Waals surface area contributed by atoms with Crippen LogP contribution in [0, 0.1) is 17.9 Å². The van der Waals surface area contributed by atoms with Gasteiger partial charge in [-0.2, -0.15) is 0 Å². The van der Waals surface area contributed by atoms with E-state index in [4.69, 9.17) is 6.57 Å². The number of benzene rings is 6. The van der Waals surface area contributed by atoms with Crippen molar-refractivity contribution in [1.82, 2.24) is 4.58 Å². The van der Waals surface area contributed by atoms with E-state index in [9.17, 15) is 25.7 Å². The number of allylic oxidation sites excluding steroid dienone is 3. The number of hydrogen-bond acceptors (Lipinski definition) is 7. The molecule has 0 saturated carbocycles. The van der Waals surface area contributed by atoms with Crippen LogP contribution >= 0.6 is 0 Å². The second-order valence-electron chi connectivity index (χ2n) is 14.4. The molecule has 0 unspecified atom stereocenters. The van der Waals surface area contributed by atoms with Gasteiger partial charge in [-0.25, -0.2) is 14.7 Å². The first-order chi connectivity index (χ1) is 25.3. The lowest BCUT2D eigenvalue weighted by Crippen LogP contribution is -2.42. The molecular weight excluding hydrogens is 652 g/mol. The summed E-state index contributed by atoms with van der Waals surface area (Å²) < 4.78 is 2.27. The Morgan fingerprint density at radius 3 is 1.63 bits per heavy atom. The third-order valence-electron chi connectivity index (χ3n) is 12.2. The van der Waals surface area contributed by atoms with E-state index < -0.39 is 5.76 Å². The van der Waals surface area contributed by atoms with Crippen molar-refractivity contribution in [2.24, 2.45) is 0 Å². The maximum atomic E-state index is 15.3. The van der Waals surface area contributed by atoms with Gasteiger partial charge in [0.05, 0.1) is 29.1 Å². The molecule has 4 aliphatic heterocycles. The van der Waals surface area contributed by atoms with Crippen LogP contribution in [0.4, 0.5) is 5.69 Å². The van der Waals surface area contributed by atoms with E-state index in [0.717, 1.165) is 107 Å². The van der Waals surface area contributed by atoms with Crippen molar-refractivity contribution in [2.75, 3.05) is 31.1 Å². The Balaban J connectivity index is 1.43. The molecule has 0 aromatic heterocycles. The Labute approximate surface area is 295 Å². The van der Waals surface area contributed by atoms with E-state index in [1.54, 1.807) is 24.3 Å². The number of rotatable bonds is 1. The van der Waals surface area contributed by atoms with Crippen molar-refractivity contribution in [2.45, 2.75) is 25.7 Å². The van der Waals surface area contributed by atoms with Crippen LogP contribution in [0.15, 0.2) is 65.6 Å². The highest BCUT2D eigenvalue weighted by molar-refractivity contribution is 6.29. The highest BCUT2D eigenvalue weighted by Gasteiger charge is 2.38. The van der Waals surface area contributed by atoms with Crippen LogP contribution < -0.4 is 25.2 Å². The fourth-order valence-electron chi connectivity index (χ4n) is 10.1. The van der Waals surface area contributed by atoms with Gasteiger partial charge in [-0.15, -0.1) is 0 Å². The van der Waals surface area contributed by atoms with Gasteiger partial charge in [-0.05, 0) is 70.5 Å². The Morgan fingerprint density at radius 2 is 1.15 bits per heavy atom. The van der Waals surface area contributed by atoms with E-state index in [1.165, 1.54) is 0 Å². The van der Waals surface area contributed by atoms with E-state index in [1.807, 2.05) is 30.3 Å². The Kier molecular flexibility index (Phi) is 5.45. The van der Waals surface area contributed by atoms with Gasteiger partial charge < -0.3 is 30.4 Å². The van der Waals surface area contributed by atoms with Gasteiger partial charge >= 0.3 is 0 Å². The van der Waals surface area contributed by atoms with Crippen LogP contribution in [0.25, 0.3) is 59.1 Å². The summed E-state index contributed by atoms with van der Waals surface area (Å²) in [5.74, 6) is -0.806. The fourth-order valence-corrected chi connectivity index (χ4v) is 10.1. The molecule has 0 spiro atoms. The third-order valence-corrected chi connectivity index (χ3v) is 12.2. The number of nitrogens with zero attached hydrogens (tertiary/aromatic N) is 4. The summed E-state index contributed by atoms with van der Waals surface area (Å²) in [7, 11) is 0. The number of phenols is 4. The van der Waals surface area contributed by atoms with Crippen LogP contribution in [-0.2, 0) is 25.7 Å². The summed E-state index contributed by atoms with van der Waals surface area (Å²) in [6.45, 7) is 11.3. The molecule has 0 fully saturated rings. The van der Waals surface area contributed by atoms with Crippen molar-refractivity contribution >= 4 is 59.9 Å². The van der Waals surface area contributed by atoms with Crippen molar-refractivity contribution in [3.8, 4) is 29.1 Å². The summed E-state index contributed by atoms with van der Waals surface area (Å²) >= 11 is 0. The minimum absolute atomic E-state index is 0.0502. The normalized spacial score (nSPS) is 17.8. The van der Waals surface area contributed by atoms with E-state index in [2.05, 4.69) is 14.3 Å². The van der Waals surface area contributed by atoms with Gasteiger partial charge in [0.2, 0.25) is 5.36 Å². The van der Waals surface area contributed by atoms with Crippen LogP contribution in [-0.4, -0.2) is 46.6 Å². The van der Waals surface area contributed by atoms with Crippen molar-refractivity contribution in [3.05, 3.63) is 115 Å². The number of nitriles is 1. The molecule has 4 N–H and O–H groups in total. The number of anilines is 1. The lowest BCUT2D eigenvalue weighted by molar-refractivity contribution is -0.292. The second-order valence-corrected chi connectivity index (χ2v) is 14.4. The monoisotopic (exact) mass is 680 g/mol. The molecule has 1 aliphatic carbocycles. The smallest absolute Gasteiger partial charge is 0.270 e. The molecule has 0 radical (unpaired) electrons. The quantitative estimate of drug-likeness (QED) is 0.0881. The second kappa shape index (κ2) is 9.74. The van der Waals surface area contributed by atoms with Crippen molar-refractivity contribution < 1.29 is 25.5 Å². The maximum absolute atomic E-state index is 15.3. The topological polar surface area (TPSA) is 138 Å². The molecule has 9 nitrogen and oxygen atoms in total. The van der Waals surface area contributed by atoms with Gasteiger partial charge in [-0.3, -0.25) is 0 Å². The minimum atomic E-state index is -0.502. The van der Waals surface area contributed by atoms with E-state index in [0.29, 0.717) is 21.5 Å². The summed E-state index contributed by atoms with van der Waals surface area (Å²) in [5.41, 5.74) is 5.04. The van der Waals surface area contributed by atoms with Crippen molar-refractivity contribution in [3.63, 3.8) is 0 Å². The number of phenolic OH excluding ortho intramolecular Hbond substituents is 4. The lowest BCUT2D eigenvalue weighted by atomic mass is 9.72. The molecule has 0 atom stereocenters. The SMILES string of the molecule is [C-]#[N+]/C(C#N)=C1/C(c2c3c(O)ccc4c3c3c5c(ccc(O)c25)CCN3CC4)=C([O-])C1=c1c2c(O)ccc3c2c2c4c(ccc(O)c14)CC[N+]=2CC3. The third kappa shape index (κ3) is 3.29. The molecule has 0 bridgehead atoms. The van der Waals surface area contributed by atoms with Gasteiger partial charge in [0.15, 0.2) is 0 Å². The van der Waals surface area contributed by atoms with Crippen LogP contribution in [0.5, 0.6) is 23.0 Å². The first-order valence-electron chi connectivity index (χ1n) is 17.5. The standard InChI is InChI=1S/C43H28N4O5/c1-45-23(18-44)32-39(37-33-24(48)6-2-19-10-14-46-15-11-20-3-7-25(49)34(37)29(20)41(46)28(19)33)43(52)40(32)38-35-26(50)8-4-21-12-16-47-17-13-22-5-9-27(51)36(38)31(22)42(47)30(21)35/h2-9H,10-17H2,(H4-,48,49,50,51,52). The molecule has 9 heteroatoms. The molecule has 0 amide bonds. The Morgan fingerprint density at radius 1 is 0.673 bits per heavy atom. The molecule has 6 aromatic rings. The fraction of sp³-hybridized carbons (Fsp3) is 0.186. The Hall–Kier alpha value is -6.71. The highest BCUT2D eigenvalue weighted by Crippen LogP contribution is 2.57. The zero-order chi connectivity index (χ0) is 35.3. The van der Waals surface area contributed by atoms with Crippen LogP contribution in [0.1, 0.15) is 27.8 Å². The summed E-state index contributed by atoms with van der Waals surface area (Å²) in [6, 6.07) is 16.1. The molecule has 6 aromatic carbocycles. The summed E-state index contributed by atoms with van der Waals surface area (Å²) in [5, 5.41) is 78.5. The minimum Gasteiger partial charge on any atom is -0.872 e. The van der Waals surface area contributed by atoms with E-state index in [-0.39, 0.29) is 56.2 Å². The van der Waals surface area contributed by atoms with Crippen LogP contribution in [0.2, 0.25) is 0 Å². The van der Waals surface area contributed by atoms with Gasteiger partial charge in [-0.1, -0.05) is 30.0 Å². The maximum Gasteiger partial charge on any atom is 0.270 e. The molecular formula is C43H28N4O5. The van der Waals surface area contributed by atoms with E-state index >= 15 is 5.11 Å². The van der Waals surface area contributed by atoms with Crippen molar-refractivity contribution in [1.29, 1.82) is 5.26 Å². The average molecular weight is 681 g/mol. The molecule has 0 saturated heterocycles. The largest absolute Gasteiger partial charge is 0.872 e. The average Bonchev–Trinajstić information content (AvgIpc) is 3.16. The number of aromatic hydroxyl groups is 4. The van der Waals surface area contributed by atoms with Gasteiger partial charge in [0, 0.05) is 74.6 Å². The zero-order valence-electron chi connectivity index (χ0n) is 27.8. The first kappa shape index (κ1) is 29.1. The van der Waals surface area contributed by atoms with Gasteiger partial charge in [0.1, 0.15) is 36.1 Å². The number of hydrogen-bond donors (Lipinski definition) is 4. The lowest BCUT2D eigenvalue weighted by Gasteiger charge is -2.41. The molecule has 5 aliphatic rings. The molecule has 52 heavy (non-hydrogen) atoms. The molecule has 11 rings (SSSR count). The highest BCUT2D eigenvalue weighted by atomic mass is 16.3. The van der Waals surface area contributed by atoms with Gasteiger partial charge in [0.25, 0.3) is 5.70 Å². The molecule has 4 heterocycles. The summed E-state index contributed by atoms with van der Waals surface area (Å²) in [6.07, 6.45) is 2.90. The molecule has 250 valence electrons. The Bertz CT molecular complexity index is 2930. The first-order valence-corrected chi connectivity index (χ1v) is 17.5. The predicted molar refractivity (Wildman–Crippen MR) is 196 cm³/mol. The predicted octanol–water partition coefficient (Wildman–Crippen LogP) is 4.28. The van der Waals surface area contributed by atoms with Crippen LogP contribution in [0.3, 0.4) is 0 Å².